The van der Waals surface area contributed by atoms with Gasteiger partial charge in [0.05, 0.1) is 11.2 Å². The van der Waals surface area contributed by atoms with Gasteiger partial charge in [-0.1, -0.05) is 29.5 Å². The Morgan fingerprint density at radius 3 is 2.50 bits per heavy atom. The van der Waals surface area contributed by atoms with Gasteiger partial charge < -0.3 is 0 Å². The SMILES string of the molecule is c1ccc2c(c1)nnn2-c1ccc(C2CC2)cc1. The van der Waals surface area contributed by atoms with Crippen LogP contribution in [0.3, 0.4) is 0 Å². The molecule has 0 aliphatic heterocycles. The van der Waals surface area contributed by atoms with E-state index in [4.69, 9.17) is 0 Å². The molecule has 1 saturated carbocycles. The van der Waals surface area contributed by atoms with E-state index in [1.54, 1.807) is 0 Å². The lowest BCUT2D eigenvalue weighted by molar-refractivity contribution is 0.823. The normalized spacial score (nSPS) is 15.1. The summed E-state index contributed by atoms with van der Waals surface area (Å²) < 4.78 is 1.89. The Balaban J connectivity index is 1.81. The highest BCUT2D eigenvalue weighted by atomic mass is 15.4. The van der Waals surface area contributed by atoms with Crippen LogP contribution in [0.4, 0.5) is 0 Å². The number of para-hydroxylation sites is 1. The average Bonchev–Trinajstić information content (AvgIpc) is 3.19. The molecule has 1 aliphatic rings. The third-order valence-corrected chi connectivity index (χ3v) is 3.54. The lowest BCUT2D eigenvalue weighted by Gasteiger charge is -2.03. The van der Waals surface area contributed by atoms with Crippen molar-refractivity contribution in [3.05, 3.63) is 54.1 Å². The summed E-state index contributed by atoms with van der Waals surface area (Å²) in [7, 11) is 0. The van der Waals surface area contributed by atoms with Crippen molar-refractivity contribution in [2.45, 2.75) is 18.8 Å². The Hall–Kier alpha value is -2.16. The summed E-state index contributed by atoms with van der Waals surface area (Å²) in [4.78, 5) is 0. The Bertz CT molecular complexity index is 693. The fraction of sp³-hybridized carbons (Fsp3) is 0.200. The topological polar surface area (TPSA) is 30.7 Å². The van der Waals surface area contributed by atoms with Crippen LogP contribution in [0.5, 0.6) is 0 Å². The van der Waals surface area contributed by atoms with Crippen molar-refractivity contribution in [1.82, 2.24) is 15.0 Å². The first-order chi connectivity index (χ1) is 8.92. The summed E-state index contributed by atoms with van der Waals surface area (Å²) in [6, 6.07) is 16.7. The van der Waals surface area contributed by atoms with Crippen LogP contribution in [-0.2, 0) is 0 Å². The first-order valence-corrected chi connectivity index (χ1v) is 6.32. The van der Waals surface area contributed by atoms with Crippen molar-refractivity contribution in [3.63, 3.8) is 0 Å². The second-order valence-electron chi connectivity index (χ2n) is 4.86. The van der Waals surface area contributed by atoms with Crippen LogP contribution in [-0.4, -0.2) is 15.0 Å². The predicted octanol–water partition coefficient (Wildman–Crippen LogP) is 3.30. The van der Waals surface area contributed by atoms with Crippen molar-refractivity contribution in [3.8, 4) is 5.69 Å². The maximum Gasteiger partial charge on any atom is 0.113 e. The molecule has 1 aromatic heterocycles. The van der Waals surface area contributed by atoms with Crippen molar-refractivity contribution >= 4 is 11.0 Å². The summed E-state index contributed by atoms with van der Waals surface area (Å²) >= 11 is 0. The largest absolute Gasteiger partial charge is 0.213 e. The van der Waals surface area contributed by atoms with E-state index in [0.717, 1.165) is 22.6 Å². The molecule has 1 fully saturated rings. The molecule has 0 radical (unpaired) electrons. The van der Waals surface area contributed by atoms with Gasteiger partial charge in [0.1, 0.15) is 5.52 Å². The number of rotatable bonds is 2. The molecule has 3 nitrogen and oxygen atoms in total. The van der Waals surface area contributed by atoms with Gasteiger partial charge in [-0.3, -0.25) is 0 Å². The van der Waals surface area contributed by atoms with Gasteiger partial charge in [0.15, 0.2) is 0 Å². The number of hydrogen-bond donors (Lipinski definition) is 0. The molecule has 3 aromatic rings. The Kier molecular flexibility index (Phi) is 2.00. The Morgan fingerprint density at radius 2 is 1.72 bits per heavy atom. The minimum atomic E-state index is 0.798. The zero-order valence-corrected chi connectivity index (χ0v) is 9.95. The highest BCUT2D eigenvalue weighted by molar-refractivity contribution is 5.75. The first-order valence-electron chi connectivity index (χ1n) is 6.32. The molecule has 0 N–H and O–H groups in total. The van der Waals surface area contributed by atoms with Gasteiger partial charge in [0.25, 0.3) is 0 Å². The standard InChI is InChI=1S/C15H13N3/c1-2-4-15-14(3-1)16-17-18(15)13-9-7-12(8-10-13)11-5-6-11/h1-4,7-11H,5-6H2. The molecule has 0 atom stereocenters. The quantitative estimate of drug-likeness (QED) is 0.682. The summed E-state index contributed by atoms with van der Waals surface area (Å²) in [5, 5.41) is 8.40. The van der Waals surface area contributed by atoms with Gasteiger partial charge in [0, 0.05) is 0 Å². The molecular formula is C15H13N3. The van der Waals surface area contributed by atoms with Gasteiger partial charge in [-0.05, 0) is 48.6 Å². The number of hydrogen-bond acceptors (Lipinski definition) is 2. The maximum absolute atomic E-state index is 4.22. The number of benzene rings is 2. The van der Waals surface area contributed by atoms with Gasteiger partial charge in [0.2, 0.25) is 0 Å². The molecule has 3 heteroatoms. The maximum atomic E-state index is 4.22. The van der Waals surface area contributed by atoms with E-state index in [1.807, 2.05) is 28.9 Å². The molecule has 1 aliphatic carbocycles. The molecule has 88 valence electrons. The average molecular weight is 235 g/mol. The van der Waals surface area contributed by atoms with E-state index in [9.17, 15) is 0 Å². The fourth-order valence-electron chi connectivity index (χ4n) is 2.36. The van der Waals surface area contributed by atoms with Crippen molar-refractivity contribution in [2.24, 2.45) is 0 Å². The second-order valence-corrected chi connectivity index (χ2v) is 4.86. The summed E-state index contributed by atoms with van der Waals surface area (Å²) in [6.07, 6.45) is 2.68. The number of nitrogens with zero attached hydrogens (tertiary/aromatic N) is 3. The third kappa shape index (κ3) is 1.51. The first kappa shape index (κ1) is 9.83. The number of fused-ring (bicyclic) bond motifs is 1. The van der Waals surface area contributed by atoms with Crippen LogP contribution in [0.2, 0.25) is 0 Å². The molecule has 0 spiro atoms. The van der Waals surface area contributed by atoms with Crippen LogP contribution in [0.15, 0.2) is 48.5 Å². The Morgan fingerprint density at radius 1 is 0.944 bits per heavy atom. The van der Waals surface area contributed by atoms with Crippen molar-refractivity contribution in [1.29, 1.82) is 0 Å². The zero-order chi connectivity index (χ0) is 11.9. The van der Waals surface area contributed by atoms with Gasteiger partial charge in [-0.2, -0.15) is 0 Å². The zero-order valence-electron chi connectivity index (χ0n) is 9.95. The minimum Gasteiger partial charge on any atom is -0.213 e. The van der Waals surface area contributed by atoms with E-state index < -0.39 is 0 Å². The molecule has 0 bridgehead atoms. The number of aromatic nitrogens is 3. The van der Waals surface area contributed by atoms with Gasteiger partial charge >= 0.3 is 0 Å². The highest BCUT2D eigenvalue weighted by Gasteiger charge is 2.23. The predicted molar refractivity (Wildman–Crippen MR) is 70.8 cm³/mol. The monoisotopic (exact) mass is 235 g/mol. The smallest absolute Gasteiger partial charge is 0.113 e. The molecule has 0 saturated heterocycles. The molecule has 0 amide bonds. The highest BCUT2D eigenvalue weighted by Crippen LogP contribution is 2.40. The van der Waals surface area contributed by atoms with Crippen LogP contribution in [0, 0.1) is 0 Å². The minimum absolute atomic E-state index is 0.798. The Labute approximate surface area is 105 Å². The summed E-state index contributed by atoms with van der Waals surface area (Å²) in [5.74, 6) is 0.798. The fourth-order valence-corrected chi connectivity index (χ4v) is 2.36. The van der Waals surface area contributed by atoms with Gasteiger partial charge in [-0.25, -0.2) is 4.68 Å². The molecule has 18 heavy (non-hydrogen) atoms. The van der Waals surface area contributed by atoms with E-state index >= 15 is 0 Å². The van der Waals surface area contributed by atoms with E-state index in [1.165, 1.54) is 18.4 Å². The lowest BCUT2D eigenvalue weighted by atomic mass is 10.1. The second kappa shape index (κ2) is 3.67. The van der Waals surface area contributed by atoms with E-state index in [0.29, 0.717) is 0 Å². The third-order valence-electron chi connectivity index (χ3n) is 3.54. The lowest BCUT2D eigenvalue weighted by Crippen LogP contribution is -1.96. The van der Waals surface area contributed by atoms with Crippen LogP contribution in [0.25, 0.3) is 16.7 Å². The van der Waals surface area contributed by atoms with Crippen LogP contribution >= 0.6 is 0 Å². The van der Waals surface area contributed by atoms with Crippen molar-refractivity contribution in [2.75, 3.05) is 0 Å². The summed E-state index contributed by atoms with van der Waals surface area (Å²) in [6.45, 7) is 0. The molecule has 2 aromatic carbocycles. The van der Waals surface area contributed by atoms with Crippen LogP contribution in [0.1, 0.15) is 24.3 Å². The van der Waals surface area contributed by atoms with E-state index in [2.05, 4.69) is 34.6 Å². The van der Waals surface area contributed by atoms with Crippen molar-refractivity contribution < 1.29 is 0 Å². The molecular weight excluding hydrogens is 222 g/mol. The molecule has 4 rings (SSSR count). The summed E-state index contributed by atoms with van der Waals surface area (Å²) in [5.41, 5.74) is 4.51. The molecule has 0 unspecified atom stereocenters. The molecule has 1 heterocycles. The van der Waals surface area contributed by atoms with Gasteiger partial charge in [-0.15, -0.1) is 5.10 Å². The van der Waals surface area contributed by atoms with Crippen LogP contribution < -0.4 is 0 Å². The van der Waals surface area contributed by atoms with E-state index in [-0.39, 0.29) is 0 Å².